The molecule has 3 unspecified atom stereocenters. The van der Waals surface area contributed by atoms with Crippen LogP contribution in [0.25, 0.3) is 0 Å². The number of hydrogen-bond acceptors (Lipinski definition) is 3. The van der Waals surface area contributed by atoms with Gasteiger partial charge in [-0.15, -0.1) is 0 Å². The van der Waals surface area contributed by atoms with Gasteiger partial charge >= 0.3 is 0 Å². The number of hydrogen-bond donors (Lipinski definition) is 0. The summed E-state index contributed by atoms with van der Waals surface area (Å²) in [7, 11) is 0. The first kappa shape index (κ1) is 11.4. The van der Waals surface area contributed by atoms with Crippen molar-refractivity contribution in [3.8, 4) is 0 Å². The second-order valence-corrected chi connectivity index (χ2v) is 6.11. The van der Waals surface area contributed by atoms with E-state index in [-0.39, 0.29) is 6.10 Å². The molecule has 0 saturated carbocycles. The quantitative estimate of drug-likeness (QED) is 0.659. The predicted molar refractivity (Wildman–Crippen MR) is 60.0 cm³/mol. The molecular formula is C12H23NO2. The molecule has 0 amide bonds. The van der Waals surface area contributed by atoms with Gasteiger partial charge in [0.1, 0.15) is 0 Å². The van der Waals surface area contributed by atoms with Crippen molar-refractivity contribution in [1.29, 1.82) is 0 Å². The Morgan fingerprint density at radius 3 is 2.53 bits per heavy atom. The van der Waals surface area contributed by atoms with E-state index in [0.717, 1.165) is 26.2 Å². The summed E-state index contributed by atoms with van der Waals surface area (Å²) in [6.45, 7) is 12.9. The van der Waals surface area contributed by atoms with Gasteiger partial charge in [0, 0.05) is 19.6 Å². The summed E-state index contributed by atoms with van der Waals surface area (Å²) in [6.07, 6.45) is 0.875. The molecule has 0 aromatic carbocycles. The molecule has 2 aliphatic heterocycles. The molecule has 2 aliphatic rings. The van der Waals surface area contributed by atoms with Crippen LogP contribution >= 0.6 is 0 Å². The molecule has 3 heteroatoms. The SMILES string of the molecule is CC1COC2CN(CC(C)(C)C)CC2O1. The van der Waals surface area contributed by atoms with Crippen LogP contribution in [0.5, 0.6) is 0 Å². The van der Waals surface area contributed by atoms with Gasteiger partial charge in [-0.05, 0) is 12.3 Å². The van der Waals surface area contributed by atoms with Crippen LogP contribution in [0.4, 0.5) is 0 Å². The topological polar surface area (TPSA) is 21.7 Å². The molecule has 15 heavy (non-hydrogen) atoms. The van der Waals surface area contributed by atoms with Gasteiger partial charge in [-0.1, -0.05) is 20.8 Å². The van der Waals surface area contributed by atoms with Crippen LogP contribution in [0.3, 0.4) is 0 Å². The van der Waals surface area contributed by atoms with E-state index in [0.29, 0.717) is 17.6 Å². The molecular weight excluding hydrogens is 190 g/mol. The smallest absolute Gasteiger partial charge is 0.0980 e. The molecule has 3 nitrogen and oxygen atoms in total. The lowest BCUT2D eigenvalue weighted by molar-refractivity contribution is -0.153. The van der Waals surface area contributed by atoms with Crippen LogP contribution in [0, 0.1) is 5.41 Å². The van der Waals surface area contributed by atoms with Crippen LogP contribution in [0.1, 0.15) is 27.7 Å². The molecule has 0 aliphatic carbocycles. The Morgan fingerprint density at radius 2 is 1.87 bits per heavy atom. The summed E-state index contributed by atoms with van der Waals surface area (Å²) in [5.41, 5.74) is 0.360. The molecule has 0 N–H and O–H groups in total. The molecule has 2 heterocycles. The van der Waals surface area contributed by atoms with Gasteiger partial charge in [-0.25, -0.2) is 0 Å². The highest BCUT2D eigenvalue weighted by molar-refractivity contribution is 4.90. The van der Waals surface area contributed by atoms with Gasteiger partial charge in [0.05, 0.1) is 24.9 Å². The van der Waals surface area contributed by atoms with Gasteiger partial charge in [0.2, 0.25) is 0 Å². The second-order valence-electron chi connectivity index (χ2n) is 6.11. The standard InChI is InChI=1S/C12H23NO2/c1-9-7-14-10-5-13(6-11(10)15-9)8-12(2,3)4/h9-11H,5-8H2,1-4H3. The summed E-state index contributed by atoms with van der Waals surface area (Å²) in [4.78, 5) is 2.47. The summed E-state index contributed by atoms with van der Waals surface area (Å²) in [6, 6.07) is 0. The summed E-state index contributed by atoms with van der Waals surface area (Å²) in [5, 5.41) is 0. The highest BCUT2D eigenvalue weighted by atomic mass is 16.6. The third-order valence-electron chi connectivity index (χ3n) is 2.94. The number of rotatable bonds is 1. The third-order valence-corrected chi connectivity index (χ3v) is 2.94. The fourth-order valence-electron chi connectivity index (χ4n) is 2.51. The highest BCUT2D eigenvalue weighted by Crippen LogP contribution is 2.25. The number of nitrogens with zero attached hydrogens (tertiary/aromatic N) is 1. The van der Waals surface area contributed by atoms with Crippen molar-refractivity contribution < 1.29 is 9.47 Å². The number of likely N-dealkylation sites (tertiary alicyclic amines) is 1. The lowest BCUT2D eigenvalue weighted by Gasteiger charge is -2.29. The molecule has 88 valence electrons. The minimum Gasteiger partial charge on any atom is -0.371 e. The van der Waals surface area contributed by atoms with Crippen LogP contribution in [0.15, 0.2) is 0 Å². The van der Waals surface area contributed by atoms with Crippen molar-refractivity contribution in [3.05, 3.63) is 0 Å². The Morgan fingerprint density at radius 1 is 1.20 bits per heavy atom. The zero-order valence-electron chi connectivity index (χ0n) is 10.3. The van der Waals surface area contributed by atoms with E-state index < -0.39 is 0 Å². The first-order valence-electron chi connectivity index (χ1n) is 5.93. The average molecular weight is 213 g/mol. The lowest BCUT2D eigenvalue weighted by Crippen LogP contribution is -2.41. The fourth-order valence-corrected chi connectivity index (χ4v) is 2.51. The van der Waals surface area contributed by atoms with Crippen LogP contribution in [-0.2, 0) is 9.47 Å². The van der Waals surface area contributed by atoms with Gasteiger partial charge in [-0.2, -0.15) is 0 Å². The van der Waals surface area contributed by atoms with E-state index in [1.165, 1.54) is 0 Å². The number of ether oxygens (including phenoxy) is 2. The Kier molecular flexibility index (Phi) is 3.06. The minimum atomic E-state index is 0.265. The van der Waals surface area contributed by atoms with Crippen molar-refractivity contribution in [2.45, 2.75) is 46.0 Å². The first-order valence-corrected chi connectivity index (χ1v) is 5.93. The Hall–Kier alpha value is -0.120. The van der Waals surface area contributed by atoms with Crippen LogP contribution in [0.2, 0.25) is 0 Å². The molecule has 3 atom stereocenters. The average Bonchev–Trinajstić information content (AvgIpc) is 2.42. The van der Waals surface area contributed by atoms with Crippen molar-refractivity contribution in [1.82, 2.24) is 4.90 Å². The van der Waals surface area contributed by atoms with Crippen LogP contribution in [-0.4, -0.2) is 49.5 Å². The lowest BCUT2D eigenvalue weighted by atomic mass is 9.96. The van der Waals surface area contributed by atoms with Crippen molar-refractivity contribution in [2.75, 3.05) is 26.2 Å². The normalized spacial score (nSPS) is 38.0. The van der Waals surface area contributed by atoms with E-state index in [4.69, 9.17) is 9.47 Å². The van der Waals surface area contributed by atoms with Crippen molar-refractivity contribution >= 4 is 0 Å². The summed E-state index contributed by atoms with van der Waals surface area (Å²) in [5.74, 6) is 0. The van der Waals surface area contributed by atoms with E-state index in [1.807, 2.05) is 0 Å². The summed E-state index contributed by atoms with van der Waals surface area (Å²) >= 11 is 0. The van der Waals surface area contributed by atoms with Gasteiger partial charge in [0.25, 0.3) is 0 Å². The molecule has 0 spiro atoms. The van der Waals surface area contributed by atoms with Crippen molar-refractivity contribution in [3.63, 3.8) is 0 Å². The molecule has 0 aromatic rings. The maximum Gasteiger partial charge on any atom is 0.0980 e. The molecule has 2 saturated heterocycles. The number of fused-ring (bicyclic) bond motifs is 1. The minimum absolute atomic E-state index is 0.265. The molecule has 2 rings (SSSR count). The second kappa shape index (κ2) is 4.04. The van der Waals surface area contributed by atoms with Crippen molar-refractivity contribution in [2.24, 2.45) is 5.41 Å². The largest absolute Gasteiger partial charge is 0.371 e. The third kappa shape index (κ3) is 2.92. The van der Waals surface area contributed by atoms with Gasteiger partial charge in [-0.3, -0.25) is 4.90 Å². The molecule has 2 fully saturated rings. The Bertz CT molecular complexity index is 224. The first-order chi connectivity index (χ1) is 6.94. The van der Waals surface area contributed by atoms with Gasteiger partial charge in [0.15, 0.2) is 0 Å². The highest BCUT2D eigenvalue weighted by Gasteiger charge is 2.39. The molecule has 0 bridgehead atoms. The molecule has 0 radical (unpaired) electrons. The van der Waals surface area contributed by atoms with E-state index >= 15 is 0 Å². The van der Waals surface area contributed by atoms with Gasteiger partial charge < -0.3 is 9.47 Å². The summed E-state index contributed by atoms with van der Waals surface area (Å²) < 4.78 is 11.7. The molecule has 0 aromatic heterocycles. The zero-order valence-corrected chi connectivity index (χ0v) is 10.3. The Balaban J connectivity index is 1.88. The predicted octanol–water partition coefficient (Wildman–Crippen LogP) is 1.52. The van der Waals surface area contributed by atoms with E-state index in [1.54, 1.807) is 0 Å². The van der Waals surface area contributed by atoms with E-state index in [9.17, 15) is 0 Å². The monoisotopic (exact) mass is 213 g/mol. The fraction of sp³-hybridized carbons (Fsp3) is 1.00. The van der Waals surface area contributed by atoms with Crippen LogP contribution < -0.4 is 0 Å². The maximum absolute atomic E-state index is 5.89. The van der Waals surface area contributed by atoms with E-state index in [2.05, 4.69) is 32.6 Å². The Labute approximate surface area is 92.7 Å². The maximum atomic E-state index is 5.89. The zero-order chi connectivity index (χ0) is 11.1.